The zero-order chi connectivity index (χ0) is 38.7. The monoisotopic (exact) mass is 755 g/mol. The molecular formula is C44H49N7O5. The summed E-state index contributed by atoms with van der Waals surface area (Å²) in [6, 6.07) is 33.3. The topological polar surface area (TPSA) is 155 Å². The number of anilines is 3. The van der Waals surface area contributed by atoms with Crippen LogP contribution in [-0.4, -0.2) is 70.6 Å². The van der Waals surface area contributed by atoms with Crippen molar-refractivity contribution in [3.8, 4) is 11.1 Å². The Labute approximate surface area is 327 Å². The van der Waals surface area contributed by atoms with E-state index in [2.05, 4.69) is 66.8 Å². The molecule has 12 heteroatoms. The number of hydrogen-bond acceptors (Lipinski definition) is 10. The minimum Gasteiger partial charge on any atom is -0.397 e. The van der Waals surface area contributed by atoms with Gasteiger partial charge in [0.2, 0.25) is 17.8 Å². The van der Waals surface area contributed by atoms with Crippen molar-refractivity contribution < 1.29 is 24.2 Å². The number of aliphatic hydroxyl groups excluding tert-OH is 1. The maximum absolute atomic E-state index is 12.6. The van der Waals surface area contributed by atoms with Gasteiger partial charge in [-0.15, -0.1) is 0 Å². The van der Waals surface area contributed by atoms with Gasteiger partial charge in [0.05, 0.1) is 30.2 Å². The fourth-order valence-electron chi connectivity index (χ4n) is 7.12. The van der Waals surface area contributed by atoms with E-state index in [-0.39, 0.29) is 43.5 Å². The Morgan fingerprint density at radius 2 is 1.50 bits per heavy atom. The van der Waals surface area contributed by atoms with Gasteiger partial charge in [0.1, 0.15) is 0 Å². The van der Waals surface area contributed by atoms with Crippen LogP contribution in [0.5, 0.6) is 0 Å². The number of nitrogens with two attached hydrogens (primary N) is 1. The van der Waals surface area contributed by atoms with E-state index in [4.69, 9.17) is 15.2 Å². The van der Waals surface area contributed by atoms with Gasteiger partial charge in [-0.1, -0.05) is 78.9 Å². The Morgan fingerprint density at radius 1 is 0.768 bits per heavy atom. The largest absolute Gasteiger partial charge is 0.397 e. The second kappa shape index (κ2) is 18.8. The molecule has 5 N–H and O–H groups in total. The number of aromatic nitrogens is 2. The van der Waals surface area contributed by atoms with Crippen LogP contribution < -0.4 is 21.3 Å². The second-order valence-corrected chi connectivity index (χ2v) is 14.3. The van der Waals surface area contributed by atoms with E-state index in [1.165, 1.54) is 0 Å². The van der Waals surface area contributed by atoms with Crippen molar-refractivity contribution in [1.82, 2.24) is 20.2 Å². The third kappa shape index (κ3) is 10.3. The molecule has 3 heterocycles. The Kier molecular flexibility index (Phi) is 13.0. The number of amides is 2. The average molecular weight is 756 g/mol. The molecule has 2 amide bonds. The lowest BCUT2D eigenvalue weighted by Crippen LogP contribution is -2.50. The van der Waals surface area contributed by atoms with Crippen molar-refractivity contribution in [2.75, 3.05) is 48.7 Å². The van der Waals surface area contributed by atoms with E-state index in [0.717, 1.165) is 78.5 Å². The lowest BCUT2D eigenvalue weighted by Gasteiger charge is -2.40. The minimum absolute atomic E-state index is 0.00194. The molecule has 290 valence electrons. The first-order valence-electron chi connectivity index (χ1n) is 19.3. The van der Waals surface area contributed by atoms with Crippen LogP contribution in [0.4, 0.5) is 17.3 Å². The number of carbonyl (C=O) groups excluding carboxylic acids is 2. The van der Waals surface area contributed by atoms with Gasteiger partial charge in [-0.3, -0.25) is 14.5 Å². The number of rotatable bonds is 14. The van der Waals surface area contributed by atoms with E-state index in [0.29, 0.717) is 24.3 Å². The summed E-state index contributed by atoms with van der Waals surface area (Å²) in [7, 11) is 0. The van der Waals surface area contributed by atoms with Crippen LogP contribution in [-0.2, 0) is 32.2 Å². The molecule has 2 saturated heterocycles. The average Bonchev–Trinajstić information content (AvgIpc) is 3.24. The Hall–Kier alpha value is -5.66. The van der Waals surface area contributed by atoms with Crippen molar-refractivity contribution in [1.29, 1.82) is 0 Å². The fourth-order valence-corrected chi connectivity index (χ4v) is 7.12. The highest BCUT2D eigenvalue weighted by Gasteiger charge is 2.34. The Balaban J connectivity index is 0.942. The Morgan fingerprint density at radius 3 is 2.25 bits per heavy atom. The molecule has 0 spiro atoms. The molecule has 0 aliphatic carbocycles. The quantitative estimate of drug-likeness (QED) is 0.0991. The maximum atomic E-state index is 12.6. The van der Waals surface area contributed by atoms with E-state index in [1.807, 2.05) is 54.6 Å². The van der Waals surface area contributed by atoms with Crippen LogP contribution in [0.2, 0.25) is 0 Å². The van der Waals surface area contributed by atoms with E-state index in [9.17, 15) is 14.7 Å². The van der Waals surface area contributed by atoms with Crippen molar-refractivity contribution in [3.63, 3.8) is 0 Å². The third-order valence-electron chi connectivity index (χ3n) is 10.3. The number of benzene rings is 4. The first-order valence-corrected chi connectivity index (χ1v) is 19.3. The van der Waals surface area contributed by atoms with Crippen LogP contribution >= 0.6 is 0 Å². The summed E-state index contributed by atoms with van der Waals surface area (Å²) in [6.45, 7) is 4.65. The maximum Gasteiger partial charge on any atom is 0.225 e. The highest BCUT2D eigenvalue weighted by atomic mass is 16.7. The summed E-state index contributed by atoms with van der Waals surface area (Å²) in [4.78, 5) is 38.4. The summed E-state index contributed by atoms with van der Waals surface area (Å²) >= 11 is 0. The summed E-state index contributed by atoms with van der Waals surface area (Å²) < 4.78 is 13.3. The molecule has 0 radical (unpaired) electrons. The SMILES string of the molecule is Nc1ccccc1NC(=O)CCCC(=O)NCc1cccc(-c2ccc(C3OC(CN4CCN(c5ncccn5)CC4)CC(c4ccc(CO)cc4)O3)cc2)c1. The number of piperazine rings is 1. The first kappa shape index (κ1) is 38.6. The summed E-state index contributed by atoms with van der Waals surface area (Å²) in [5.74, 6) is 0.488. The van der Waals surface area contributed by atoms with Gasteiger partial charge in [-0.2, -0.15) is 0 Å². The molecule has 2 aliphatic heterocycles. The normalized spacial score (nSPS) is 18.7. The van der Waals surface area contributed by atoms with E-state index < -0.39 is 6.29 Å². The molecule has 2 fully saturated rings. The number of nitrogens with zero attached hydrogens (tertiary/aromatic N) is 4. The molecule has 56 heavy (non-hydrogen) atoms. The zero-order valence-electron chi connectivity index (χ0n) is 31.4. The first-order chi connectivity index (χ1) is 27.4. The van der Waals surface area contributed by atoms with E-state index in [1.54, 1.807) is 24.5 Å². The van der Waals surface area contributed by atoms with Gasteiger partial charge in [0.15, 0.2) is 6.29 Å². The van der Waals surface area contributed by atoms with Gasteiger partial charge in [0.25, 0.3) is 0 Å². The molecule has 4 aromatic carbocycles. The zero-order valence-corrected chi connectivity index (χ0v) is 31.4. The molecule has 5 aromatic rings. The highest BCUT2D eigenvalue weighted by Crippen LogP contribution is 2.39. The number of nitrogens with one attached hydrogen (secondary N) is 2. The van der Waals surface area contributed by atoms with Crippen molar-refractivity contribution in [2.45, 2.75) is 57.3 Å². The number of para-hydroxylation sites is 2. The third-order valence-corrected chi connectivity index (χ3v) is 10.3. The summed E-state index contributed by atoms with van der Waals surface area (Å²) in [6.07, 6.45) is 4.44. The standard InChI is InChI=1S/C44H49N7O5/c45-38-8-1-2-9-39(38)49-42(54)11-4-10-41(53)48-28-32-6-3-7-36(26-32)33-16-18-35(19-17-33)43-55-37(27-40(56-43)34-14-12-31(30-52)13-15-34)29-50-22-24-51(25-23-50)44-46-20-5-21-47-44/h1-3,5-9,12-21,26,37,40,43,52H,4,10-11,22-25,27-30,45H2,(H,48,53)(H,49,54). The van der Waals surface area contributed by atoms with Gasteiger partial charge >= 0.3 is 0 Å². The number of nitrogen functional groups attached to an aromatic ring is 1. The van der Waals surface area contributed by atoms with Crippen LogP contribution in [0, 0.1) is 0 Å². The molecule has 3 unspecified atom stereocenters. The summed E-state index contributed by atoms with van der Waals surface area (Å²) in [5.41, 5.74) is 12.9. The van der Waals surface area contributed by atoms with Crippen LogP contribution in [0.15, 0.2) is 116 Å². The number of ether oxygens (including phenoxy) is 2. The molecular weight excluding hydrogens is 707 g/mol. The number of carbonyl (C=O) groups is 2. The minimum atomic E-state index is -0.548. The molecule has 1 aromatic heterocycles. The van der Waals surface area contributed by atoms with Gasteiger partial charge in [-0.05, 0) is 58.5 Å². The second-order valence-electron chi connectivity index (χ2n) is 14.3. The highest BCUT2D eigenvalue weighted by molar-refractivity contribution is 5.94. The van der Waals surface area contributed by atoms with Crippen molar-refractivity contribution in [2.24, 2.45) is 0 Å². The van der Waals surface area contributed by atoms with E-state index >= 15 is 0 Å². The summed E-state index contributed by atoms with van der Waals surface area (Å²) in [5, 5.41) is 15.4. The number of hydrogen-bond donors (Lipinski definition) is 4. The molecule has 12 nitrogen and oxygen atoms in total. The number of aliphatic hydroxyl groups is 1. The lowest BCUT2D eigenvalue weighted by atomic mass is 9.98. The Bertz CT molecular complexity index is 2040. The van der Waals surface area contributed by atoms with Gasteiger partial charge in [-0.25, -0.2) is 9.97 Å². The van der Waals surface area contributed by atoms with Crippen LogP contribution in [0.3, 0.4) is 0 Å². The van der Waals surface area contributed by atoms with Gasteiger partial charge in [0, 0.05) is 76.5 Å². The van der Waals surface area contributed by atoms with Crippen LogP contribution in [0.1, 0.15) is 60.3 Å². The lowest BCUT2D eigenvalue weighted by molar-refractivity contribution is -0.253. The predicted molar refractivity (Wildman–Crippen MR) is 216 cm³/mol. The van der Waals surface area contributed by atoms with Crippen molar-refractivity contribution >= 4 is 29.1 Å². The molecule has 7 rings (SSSR count). The smallest absolute Gasteiger partial charge is 0.225 e. The molecule has 0 saturated carbocycles. The van der Waals surface area contributed by atoms with Gasteiger partial charge < -0.3 is 35.8 Å². The molecule has 3 atom stereocenters. The molecule has 2 aliphatic rings. The van der Waals surface area contributed by atoms with Crippen molar-refractivity contribution in [3.05, 3.63) is 138 Å². The van der Waals surface area contributed by atoms with Crippen LogP contribution in [0.25, 0.3) is 11.1 Å². The molecule has 0 bridgehead atoms. The fraction of sp³-hybridized carbons (Fsp3) is 0.318. The predicted octanol–water partition coefficient (Wildman–Crippen LogP) is 6.01.